The maximum atomic E-state index is 12.3. The van der Waals surface area contributed by atoms with Crippen LogP contribution in [0.25, 0.3) is 0 Å². The van der Waals surface area contributed by atoms with Crippen LogP contribution in [0.5, 0.6) is 0 Å². The van der Waals surface area contributed by atoms with Gasteiger partial charge in [0.05, 0.1) is 22.9 Å². The Labute approximate surface area is 125 Å². The van der Waals surface area contributed by atoms with Crippen LogP contribution < -0.4 is 5.32 Å². The molecule has 0 aliphatic carbocycles. The molecule has 2 fully saturated rings. The van der Waals surface area contributed by atoms with E-state index in [0.717, 1.165) is 11.3 Å². The number of hydrogen-bond acceptors (Lipinski definition) is 4. The number of fused-ring (bicyclic) bond motifs is 1. The average Bonchev–Trinajstić information content (AvgIpc) is 2.83. The van der Waals surface area contributed by atoms with Crippen molar-refractivity contribution in [2.24, 2.45) is 0 Å². The molecule has 3 heterocycles. The molecule has 0 radical (unpaired) electrons. The first-order valence-corrected chi connectivity index (χ1v) is 7.74. The molecule has 2 atom stereocenters. The van der Waals surface area contributed by atoms with Gasteiger partial charge in [-0.15, -0.1) is 11.3 Å². The Bertz CT molecular complexity index is 533. The molecule has 20 heavy (non-hydrogen) atoms. The standard InChI is InChI=1S/C13H15ClN2O3S/c14-11-2-1-8(20-11)5-13(18)16-4-3-10-9(6-16)15-12(17)7-19-10/h1-2,9-10H,3-7H2,(H,15,17)/t9-,10-/m0/s1. The van der Waals surface area contributed by atoms with Gasteiger partial charge in [-0.2, -0.15) is 0 Å². The minimum atomic E-state index is -0.106. The first-order chi connectivity index (χ1) is 9.61. The van der Waals surface area contributed by atoms with E-state index < -0.39 is 0 Å². The molecular weight excluding hydrogens is 300 g/mol. The minimum Gasteiger partial charge on any atom is -0.366 e. The van der Waals surface area contributed by atoms with Crippen LogP contribution in [0.15, 0.2) is 12.1 Å². The van der Waals surface area contributed by atoms with Crippen molar-refractivity contribution in [3.05, 3.63) is 21.3 Å². The zero-order valence-corrected chi connectivity index (χ0v) is 12.4. The van der Waals surface area contributed by atoms with Crippen molar-refractivity contribution in [3.8, 4) is 0 Å². The van der Waals surface area contributed by atoms with Crippen molar-refractivity contribution >= 4 is 34.8 Å². The van der Waals surface area contributed by atoms with Gasteiger partial charge >= 0.3 is 0 Å². The molecule has 7 heteroatoms. The molecule has 108 valence electrons. The lowest BCUT2D eigenvalue weighted by atomic mass is 10.00. The van der Waals surface area contributed by atoms with Crippen LogP contribution in [0, 0.1) is 0 Å². The molecule has 3 rings (SSSR count). The molecule has 0 bridgehead atoms. The fourth-order valence-corrected chi connectivity index (χ4v) is 3.71. The summed E-state index contributed by atoms with van der Waals surface area (Å²) < 4.78 is 6.17. The van der Waals surface area contributed by atoms with Crippen LogP contribution in [-0.2, 0) is 20.7 Å². The van der Waals surface area contributed by atoms with E-state index >= 15 is 0 Å². The number of ether oxygens (including phenoxy) is 1. The first kappa shape index (κ1) is 13.9. The summed E-state index contributed by atoms with van der Waals surface area (Å²) in [6.07, 6.45) is 1.17. The van der Waals surface area contributed by atoms with E-state index in [1.54, 1.807) is 11.0 Å². The fourth-order valence-electron chi connectivity index (χ4n) is 2.63. The van der Waals surface area contributed by atoms with Gasteiger partial charge < -0.3 is 15.0 Å². The van der Waals surface area contributed by atoms with Crippen molar-refractivity contribution in [3.63, 3.8) is 0 Å². The van der Waals surface area contributed by atoms with Crippen molar-refractivity contribution in [1.82, 2.24) is 10.2 Å². The summed E-state index contributed by atoms with van der Waals surface area (Å²) in [5.74, 6) is -0.0348. The molecule has 0 unspecified atom stereocenters. The molecule has 1 aromatic heterocycles. The highest BCUT2D eigenvalue weighted by atomic mass is 35.5. The largest absolute Gasteiger partial charge is 0.366 e. The Hall–Kier alpha value is -1.11. The third-order valence-corrected chi connectivity index (χ3v) is 4.86. The zero-order valence-electron chi connectivity index (χ0n) is 10.8. The minimum absolute atomic E-state index is 0.0351. The molecule has 0 saturated carbocycles. The van der Waals surface area contributed by atoms with Gasteiger partial charge in [-0.1, -0.05) is 11.6 Å². The summed E-state index contributed by atoms with van der Waals surface area (Å²) >= 11 is 7.29. The van der Waals surface area contributed by atoms with E-state index in [-0.39, 0.29) is 30.6 Å². The topological polar surface area (TPSA) is 58.6 Å². The molecule has 2 aliphatic rings. The second-order valence-electron chi connectivity index (χ2n) is 5.03. The zero-order chi connectivity index (χ0) is 14.1. The second-order valence-corrected chi connectivity index (χ2v) is 6.83. The van der Waals surface area contributed by atoms with E-state index in [0.29, 0.717) is 23.8 Å². The summed E-state index contributed by atoms with van der Waals surface area (Å²) in [7, 11) is 0. The van der Waals surface area contributed by atoms with Gasteiger partial charge in [0, 0.05) is 18.0 Å². The van der Waals surface area contributed by atoms with Crippen LogP contribution in [0.1, 0.15) is 11.3 Å². The molecule has 5 nitrogen and oxygen atoms in total. The van der Waals surface area contributed by atoms with E-state index in [9.17, 15) is 9.59 Å². The molecule has 0 spiro atoms. The summed E-state index contributed by atoms with van der Waals surface area (Å²) in [6, 6.07) is 3.60. The predicted molar refractivity (Wildman–Crippen MR) is 75.9 cm³/mol. The lowest BCUT2D eigenvalue weighted by Crippen LogP contribution is -2.61. The van der Waals surface area contributed by atoms with Crippen LogP contribution in [0.3, 0.4) is 0 Å². The maximum Gasteiger partial charge on any atom is 0.246 e. The summed E-state index contributed by atoms with van der Waals surface area (Å²) in [5.41, 5.74) is 0. The van der Waals surface area contributed by atoms with Crippen molar-refractivity contribution in [2.75, 3.05) is 19.7 Å². The number of nitrogens with zero attached hydrogens (tertiary/aromatic N) is 1. The molecule has 2 saturated heterocycles. The van der Waals surface area contributed by atoms with Crippen LogP contribution in [-0.4, -0.2) is 48.6 Å². The molecule has 0 aromatic carbocycles. The second kappa shape index (κ2) is 5.71. The van der Waals surface area contributed by atoms with Crippen molar-refractivity contribution in [2.45, 2.75) is 25.0 Å². The molecule has 1 N–H and O–H groups in total. The lowest BCUT2D eigenvalue weighted by molar-refractivity contribution is -0.146. The number of halogens is 1. The highest BCUT2D eigenvalue weighted by Crippen LogP contribution is 2.23. The smallest absolute Gasteiger partial charge is 0.246 e. The van der Waals surface area contributed by atoms with E-state index in [4.69, 9.17) is 16.3 Å². The molecule has 1 aromatic rings. The number of rotatable bonds is 2. The van der Waals surface area contributed by atoms with Crippen molar-refractivity contribution in [1.29, 1.82) is 0 Å². The normalized spacial score (nSPS) is 26.1. The molecule has 2 aliphatic heterocycles. The molecular formula is C13H15ClN2O3S. The monoisotopic (exact) mass is 314 g/mol. The number of piperidine rings is 1. The first-order valence-electron chi connectivity index (χ1n) is 6.55. The van der Waals surface area contributed by atoms with Gasteiger partial charge in [-0.3, -0.25) is 9.59 Å². The number of morpholine rings is 1. The van der Waals surface area contributed by atoms with Gasteiger partial charge in [0.25, 0.3) is 0 Å². The Morgan fingerprint density at radius 2 is 2.40 bits per heavy atom. The van der Waals surface area contributed by atoms with Gasteiger partial charge in [0.2, 0.25) is 11.8 Å². The average molecular weight is 315 g/mol. The van der Waals surface area contributed by atoms with E-state index in [1.165, 1.54) is 11.3 Å². The Morgan fingerprint density at radius 3 is 3.15 bits per heavy atom. The third-order valence-electron chi connectivity index (χ3n) is 3.63. The number of likely N-dealkylation sites (tertiary alicyclic amines) is 1. The molecule has 2 amide bonds. The van der Waals surface area contributed by atoms with E-state index in [2.05, 4.69) is 5.32 Å². The SMILES string of the molecule is O=C1CO[C@H]2CCN(C(=O)Cc3ccc(Cl)s3)C[C@@H]2N1. The quantitative estimate of drug-likeness (QED) is 0.888. The lowest BCUT2D eigenvalue weighted by Gasteiger charge is -2.41. The van der Waals surface area contributed by atoms with Crippen LogP contribution in [0.2, 0.25) is 4.34 Å². The number of amides is 2. The number of carbonyl (C=O) groups is 2. The Balaban J connectivity index is 1.60. The summed E-state index contributed by atoms with van der Waals surface area (Å²) in [5, 5.41) is 2.89. The Morgan fingerprint density at radius 1 is 1.55 bits per heavy atom. The fraction of sp³-hybridized carbons (Fsp3) is 0.538. The predicted octanol–water partition coefficient (Wildman–Crippen LogP) is 1.06. The maximum absolute atomic E-state index is 12.3. The van der Waals surface area contributed by atoms with Gasteiger partial charge in [-0.05, 0) is 18.6 Å². The van der Waals surface area contributed by atoms with Crippen LogP contribution >= 0.6 is 22.9 Å². The number of hydrogen-bond donors (Lipinski definition) is 1. The summed E-state index contributed by atoms with van der Waals surface area (Å²) in [6.45, 7) is 1.33. The van der Waals surface area contributed by atoms with Gasteiger partial charge in [-0.25, -0.2) is 0 Å². The van der Waals surface area contributed by atoms with Crippen LogP contribution in [0.4, 0.5) is 0 Å². The number of thiophene rings is 1. The van der Waals surface area contributed by atoms with Gasteiger partial charge in [0.15, 0.2) is 0 Å². The summed E-state index contributed by atoms with van der Waals surface area (Å²) in [4.78, 5) is 26.4. The van der Waals surface area contributed by atoms with Crippen molar-refractivity contribution < 1.29 is 14.3 Å². The number of carbonyl (C=O) groups excluding carboxylic acids is 2. The highest BCUT2D eigenvalue weighted by Gasteiger charge is 2.36. The van der Waals surface area contributed by atoms with E-state index in [1.807, 2.05) is 6.07 Å². The third kappa shape index (κ3) is 2.97. The highest BCUT2D eigenvalue weighted by molar-refractivity contribution is 7.16. The van der Waals surface area contributed by atoms with Gasteiger partial charge in [0.1, 0.15) is 6.61 Å². The Kier molecular flexibility index (Phi) is 3.96. The number of nitrogens with one attached hydrogen (secondary N) is 1.